The summed E-state index contributed by atoms with van der Waals surface area (Å²) in [7, 11) is 0. The summed E-state index contributed by atoms with van der Waals surface area (Å²) in [6, 6.07) is 13.9. The summed E-state index contributed by atoms with van der Waals surface area (Å²) in [6.07, 6.45) is 3.71. The number of nitrogens with zero attached hydrogens (tertiary/aromatic N) is 2. The molecule has 0 bridgehead atoms. The Bertz CT molecular complexity index is 976. The van der Waals surface area contributed by atoms with Gasteiger partial charge in [-0.1, -0.05) is 25.1 Å². The van der Waals surface area contributed by atoms with Gasteiger partial charge in [-0.05, 0) is 49.2 Å². The topological polar surface area (TPSA) is 67.7 Å². The number of rotatable bonds is 6. The maximum atomic E-state index is 13.1. The Hall–Kier alpha value is -2.86. The van der Waals surface area contributed by atoms with Gasteiger partial charge in [0.2, 0.25) is 5.88 Å². The fourth-order valence-electron chi connectivity index (χ4n) is 3.37. The Morgan fingerprint density at radius 3 is 2.85 bits per heavy atom. The zero-order valence-electron chi connectivity index (χ0n) is 15.4. The summed E-state index contributed by atoms with van der Waals surface area (Å²) in [6.45, 7) is 4.59. The second-order valence-corrected chi connectivity index (χ2v) is 6.79. The number of aromatic nitrogens is 2. The van der Waals surface area contributed by atoms with Gasteiger partial charge in [0, 0.05) is 24.5 Å². The molecular weight excluding hydrogens is 340 g/mol. The number of hydrogen-bond acceptors (Lipinski definition) is 5. The molecule has 1 aromatic carbocycles. The second kappa shape index (κ2) is 7.80. The predicted molar refractivity (Wildman–Crippen MR) is 108 cm³/mol. The molecule has 1 atom stereocenters. The molecule has 1 saturated heterocycles. The van der Waals surface area contributed by atoms with Crippen LogP contribution in [0.25, 0.3) is 16.8 Å². The van der Waals surface area contributed by atoms with E-state index in [0.29, 0.717) is 29.7 Å². The average molecular weight is 364 g/mol. The molecule has 0 amide bonds. The minimum Gasteiger partial charge on any atom is -0.477 e. The first-order valence-corrected chi connectivity index (χ1v) is 9.48. The number of benzene rings is 1. The lowest BCUT2D eigenvalue weighted by molar-refractivity contribution is 0.306. The van der Waals surface area contributed by atoms with E-state index >= 15 is 0 Å². The molecule has 1 fully saturated rings. The third-order valence-electron chi connectivity index (χ3n) is 4.75. The predicted octanol–water partition coefficient (Wildman–Crippen LogP) is 2.92. The highest BCUT2D eigenvalue weighted by Gasteiger charge is 2.17. The first-order chi connectivity index (χ1) is 13.3. The standard InChI is InChI=1S/C21H24N4O2/c1-2-13-27-20-19(21(26)25-12-4-3-5-18(25)24-20)15-6-8-16(9-7-15)23-17-10-11-22-14-17/h3-9,12,17,22-23H,2,10-11,13-14H2,1H3/t17-/m1/s1. The van der Waals surface area contributed by atoms with Crippen molar-refractivity contribution < 1.29 is 4.74 Å². The van der Waals surface area contributed by atoms with Crippen LogP contribution in [0.1, 0.15) is 19.8 Å². The van der Waals surface area contributed by atoms with E-state index in [1.807, 2.05) is 49.4 Å². The van der Waals surface area contributed by atoms with Crippen molar-refractivity contribution in [1.29, 1.82) is 0 Å². The Kier molecular flexibility index (Phi) is 5.07. The van der Waals surface area contributed by atoms with Crippen LogP contribution in [0, 0.1) is 0 Å². The van der Waals surface area contributed by atoms with Crippen molar-refractivity contribution in [2.45, 2.75) is 25.8 Å². The number of ether oxygens (including phenoxy) is 1. The van der Waals surface area contributed by atoms with Crippen LogP contribution in [0.5, 0.6) is 5.88 Å². The van der Waals surface area contributed by atoms with Gasteiger partial charge in [0.25, 0.3) is 5.56 Å². The van der Waals surface area contributed by atoms with Gasteiger partial charge in [0.05, 0.1) is 6.61 Å². The Labute approximate surface area is 158 Å². The monoisotopic (exact) mass is 364 g/mol. The summed E-state index contributed by atoms with van der Waals surface area (Å²) in [4.78, 5) is 17.7. The first kappa shape index (κ1) is 17.5. The molecule has 1 aliphatic heterocycles. The Morgan fingerprint density at radius 2 is 2.11 bits per heavy atom. The molecule has 0 saturated carbocycles. The largest absolute Gasteiger partial charge is 0.477 e. The van der Waals surface area contributed by atoms with Crippen molar-refractivity contribution in [2.24, 2.45) is 0 Å². The summed E-state index contributed by atoms with van der Waals surface area (Å²) in [5, 5.41) is 6.87. The molecule has 3 aromatic rings. The zero-order chi connectivity index (χ0) is 18.6. The molecule has 2 aromatic heterocycles. The van der Waals surface area contributed by atoms with Crippen molar-refractivity contribution in [2.75, 3.05) is 25.0 Å². The lowest BCUT2D eigenvalue weighted by Crippen LogP contribution is -2.22. The van der Waals surface area contributed by atoms with E-state index in [-0.39, 0.29) is 5.56 Å². The second-order valence-electron chi connectivity index (χ2n) is 6.79. The van der Waals surface area contributed by atoms with Crippen LogP contribution in [0.2, 0.25) is 0 Å². The third-order valence-corrected chi connectivity index (χ3v) is 4.75. The van der Waals surface area contributed by atoms with Crippen LogP contribution in [0.15, 0.2) is 53.5 Å². The number of pyridine rings is 1. The Balaban J connectivity index is 1.72. The molecular formula is C21H24N4O2. The van der Waals surface area contributed by atoms with Gasteiger partial charge in [-0.3, -0.25) is 9.20 Å². The van der Waals surface area contributed by atoms with Gasteiger partial charge < -0.3 is 15.4 Å². The highest BCUT2D eigenvalue weighted by Crippen LogP contribution is 2.27. The van der Waals surface area contributed by atoms with E-state index in [0.717, 1.165) is 37.2 Å². The average Bonchev–Trinajstić information content (AvgIpc) is 3.20. The van der Waals surface area contributed by atoms with E-state index in [1.165, 1.54) is 0 Å². The van der Waals surface area contributed by atoms with Gasteiger partial charge in [-0.2, -0.15) is 4.98 Å². The normalized spacial score (nSPS) is 16.6. The number of fused-ring (bicyclic) bond motifs is 1. The van der Waals surface area contributed by atoms with Crippen LogP contribution in [-0.4, -0.2) is 35.1 Å². The maximum absolute atomic E-state index is 13.1. The summed E-state index contributed by atoms with van der Waals surface area (Å²) in [5.41, 5.74) is 2.84. The lowest BCUT2D eigenvalue weighted by Gasteiger charge is -2.14. The van der Waals surface area contributed by atoms with Crippen molar-refractivity contribution >= 4 is 11.3 Å². The van der Waals surface area contributed by atoms with Crippen molar-refractivity contribution in [1.82, 2.24) is 14.7 Å². The fraction of sp³-hybridized carbons (Fsp3) is 0.333. The maximum Gasteiger partial charge on any atom is 0.269 e. The van der Waals surface area contributed by atoms with Gasteiger partial charge >= 0.3 is 0 Å². The molecule has 4 rings (SSSR count). The molecule has 0 aliphatic carbocycles. The van der Waals surface area contributed by atoms with Crippen LogP contribution in [-0.2, 0) is 0 Å². The van der Waals surface area contributed by atoms with Crippen LogP contribution >= 0.6 is 0 Å². The quantitative estimate of drug-likeness (QED) is 0.704. The van der Waals surface area contributed by atoms with Crippen molar-refractivity contribution in [3.8, 4) is 17.0 Å². The van der Waals surface area contributed by atoms with E-state index < -0.39 is 0 Å². The van der Waals surface area contributed by atoms with E-state index in [2.05, 4.69) is 15.6 Å². The van der Waals surface area contributed by atoms with E-state index in [1.54, 1.807) is 10.6 Å². The van der Waals surface area contributed by atoms with Crippen molar-refractivity contribution in [3.05, 3.63) is 59.0 Å². The van der Waals surface area contributed by atoms with Crippen LogP contribution in [0.3, 0.4) is 0 Å². The smallest absolute Gasteiger partial charge is 0.269 e. The molecule has 6 nitrogen and oxygen atoms in total. The summed E-state index contributed by atoms with van der Waals surface area (Å²) < 4.78 is 7.38. The van der Waals surface area contributed by atoms with Gasteiger partial charge in [0.1, 0.15) is 11.2 Å². The van der Waals surface area contributed by atoms with Crippen LogP contribution < -0.4 is 20.9 Å². The van der Waals surface area contributed by atoms with Crippen LogP contribution in [0.4, 0.5) is 5.69 Å². The Morgan fingerprint density at radius 1 is 1.26 bits per heavy atom. The molecule has 1 aliphatic rings. The molecule has 140 valence electrons. The van der Waals surface area contributed by atoms with E-state index in [9.17, 15) is 4.79 Å². The number of hydrogen-bond donors (Lipinski definition) is 2. The van der Waals surface area contributed by atoms with Gasteiger partial charge in [0.15, 0.2) is 0 Å². The highest BCUT2D eigenvalue weighted by atomic mass is 16.5. The summed E-state index contributed by atoms with van der Waals surface area (Å²) in [5.74, 6) is 0.397. The molecule has 0 unspecified atom stereocenters. The minimum absolute atomic E-state index is 0.118. The van der Waals surface area contributed by atoms with Gasteiger partial charge in [-0.15, -0.1) is 0 Å². The molecule has 2 N–H and O–H groups in total. The molecule has 0 spiro atoms. The van der Waals surface area contributed by atoms with E-state index in [4.69, 9.17) is 4.74 Å². The van der Waals surface area contributed by atoms with Gasteiger partial charge in [-0.25, -0.2) is 0 Å². The zero-order valence-corrected chi connectivity index (χ0v) is 15.4. The summed E-state index contributed by atoms with van der Waals surface area (Å²) >= 11 is 0. The fourth-order valence-corrected chi connectivity index (χ4v) is 3.37. The SMILES string of the molecule is CCCOc1nc2ccccn2c(=O)c1-c1ccc(N[C@@H]2CCNC2)cc1. The molecule has 27 heavy (non-hydrogen) atoms. The first-order valence-electron chi connectivity index (χ1n) is 9.48. The molecule has 0 radical (unpaired) electrons. The molecule has 6 heteroatoms. The third kappa shape index (κ3) is 3.66. The van der Waals surface area contributed by atoms with Crippen molar-refractivity contribution in [3.63, 3.8) is 0 Å². The lowest BCUT2D eigenvalue weighted by atomic mass is 10.1. The minimum atomic E-state index is -0.118. The number of anilines is 1. The highest BCUT2D eigenvalue weighted by molar-refractivity contribution is 5.71. The number of nitrogens with one attached hydrogen (secondary N) is 2. The molecule has 3 heterocycles.